The third kappa shape index (κ3) is 3.94. The summed E-state index contributed by atoms with van der Waals surface area (Å²) in [7, 11) is 0. The molecule has 2 aliphatic heterocycles. The number of carbonyl (C=O) groups is 2. The molecule has 0 atom stereocenters. The van der Waals surface area contributed by atoms with E-state index >= 15 is 0 Å². The van der Waals surface area contributed by atoms with Crippen LogP contribution >= 0.6 is 0 Å². The van der Waals surface area contributed by atoms with E-state index in [1.165, 1.54) is 0 Å². The maximum Gasteiger partial charge on any atom is 0.337 e. The SMILES string of the molecule is CCOC(=O)C1=C(CN2CCCNCC2)NC(=O)NC1. The molecule has 2 amide bonds. The highest BCUT2D eigenvalue weighted by molar-refractivity contribution is 5.93. The van der Waals surface area contributed by atoms with Crippen LogP contribution in [0.2, 0.25) is 0 Å². The van der Waals surface area contributed by atoms with Gasteiger partial charge in [0.1, 0.15) is 0 Å². The zero-order chi connectivity index (χ0) is 14.4. The van der Waals surface area contributed by atoms with Gasteiger partial charge in [0.05, 0.1) is 18.7 Å². The number of amides is 2. The number of nitrogens with zero attached hydrogens (tertiary/aromatic N) is 1. The Kier molecular flexibility index (Phi) is 5.37. The Morgan fingerprint density at radius 1 is 1.35 bits per heavy atom. The second-order valence-corrected chi connectivity index (χ2v) is 4.86. The molecule has 1 fully saturated rings. The fourth-order valence-electron chi connectivity index (χ4n) is 2.36. The molecule has 0 saturated carbocycles. The van der Waals surface area contributed by atoms with Crippen molar-refractivity contribution in [1.29, 1.82) is 0 Å². The van der Waals surface area contributed by atoms with Gasteiger partial charge in [-0.25, -0.2) is 9.59 Å². The number of hydrogen-bond donors (Lipinski definition) is 3. The molecule has 2 rings (SSSR count). The lowest BCUT2D eigenvalue weighted by Crippen LogP contribution is -2.47. The summed E-state index contributed by atoms with van der Waals surface area (Å²) < 4.78 is 5.04. The number of carbonyl (C=O) groups excluding carboxylic acids is 2. The number of nitrogens with one attached hydrogen (secondary N) is 3. The van der Waals surface area contributed by atoms with Crippen LogP contribution in [0.3, 0.4) is 0 Å². The van der Waals surface area contributed by atoms with Gasteiger partial charge < -0.3 is 20.7 Å². The van der Waals surface area contributed by atoms with Crippen molar-refractivity contribution >= 4 is 12.0 Å². The van der Waals surface area contributed by atoms with E-state index < -0.39 is 0 Å². The van der Waals surface area contributed by atoms with E-state index in [0.29, 0.717) is 24.4 Å². The van der Waals surface area contributed by atoms with Crippen molar-refractivity contribution in [1.82, 2.24) is 20.9 Å². The fourth-order valence-corrected chi connectivity index (χ4v) is 2.36. The molecule has 0 aromatic heterocycles. The molecule has 2 aliphatic rings. The molecule has 2 heterocycles. The summed E-state index contributed by atoms with van der Waals surface area (Å²) in [5.41, 5.74) is 1.18. The standard InChI is InChI=1S/C13H22N4O3/c1-2-20-12(18)10-8-15-13(19)16-11(10)9-17-6-3-4-14-5-7-17/h14H,2-9H2,1H3,(H2,15,16,19). The molecule has 0 spiro atoms. The van der Waals surface area contributed by atoms with E-state index in [9.17, 15) is 9.59 Å². The third-order valence-corrected chi connectivity index (χ3v) is 3.39. The van der Waals surface area contributed by atoms with E-state index in [1.54, 1.807) is 6.92 Å². The molecular weight excluding hydrogens is 260 g/mol. The van der Waals surface area contributed by atoms with Crippen molar-refractivity contribution in [2.75, 3.05) is 45.9 Å². The van der Waals surface area contributed by atoms with Crippen LogP contribution in [0.5, 0.6) is 0 Å². The minimum absolute atomic E-state index is 0.228. The molecule has 0 aromatic rings. The first-order valence-corrected chi connectivity index (χ1v) is 7.07. The first-order valence-electron chi connectivity index (χ1n) is 7.07. The van der Waals surface area contributed by atoms with Crippen LogP contribution in [-0.2, 0) is 9.53 Å². The van der Waals surface area contributed by atoms with Gasteiger partial charge in [0, 0.05) is 25.3 Å². The normalized spacial score (nSPS) is 20.9. The van der Waals surface area contributed by atoms with E-state index in [-0.39, 0.29) is 18.5 Å². The van der Waals surface area contributed by atoms with E-state index in [2.05, 4.69) is 20.9 Å². The van der Waals surface area contributed by atoms with Gasteiger partial charge in [0.25, 0.3) is 0 Å². The van der Waals surface area contributed by atoms with Gasteiger partial charge in [0.15, 0.2) is 0 Å². The zero-order valence-corrected chi connectivity index (χ0v) is 11.8. The van der Waals surface area contributed by atoms with Crippen molar-refractivity contribution in [2.45, 2.75) is 13.3 Å². The minimum atomic E-state index is -0.358. The Bertz CT molecular complexity index is 400. The average molecular weight is 282 g/mol. The zero-order valence-electron chi connectivity index (χ0n) is 11.8. The number of hydrogen-bond acceptors (Lipinski definition) is 5. The molecule has 0 aromatic carbocycles. The van der Waals surface area contributed by atoms with Crippen molar-refractivity contribution in [2.24, 2.45) is 0 Å². The van der Waals surface area contributed by atoms with Gasteiger partial charge in [-0.3, -0.25) is 4.90 Å². The second kappa shape index (κ2) is 7.25. The molecule has 0 unspecified atom stereocenters. The molecule has 0 aliphatic carbocycles. The molecule has 1 saturated heterocycles. The quantitative estimate of drug-likeness (QED) is 0.601. The highest BCUT2D eigenvalue weighted by Gasteiger charge is 2.25. The van der Waals surface area contributed by atoms with Crippen molar-refractivity contribution in [3.63, 3.8) is 0 Å². The summed E-state index contributed by atoms with van der Waals surface area (Å²) in [5, 5.41) is 8.68. The molecule has 7 heteroatoms. The van der Waals surface area contributed by atoms with Crippen LogP contribution < -0.4 is 16.0 Å². The molecule has 20 heavy (non-hydrogen) atoms. The largest absolute Gasteiger partial charge is 0.463 e. The summed E-state index contributed by atoms with van der Waals surface area (Å²) in [5.74, 6) is -0.358. The summed E-state index contributed by atoms with van der Waals surface area (Å²) in [6, 6.07) is -0.263. The van der Waals surface area contributed by atoms with Crippen LogP contribution in [0.25, 0.3) is 0 Å². The summed E-state index contributed by atoms with van der Waals surface area (Å²) in [6.45, 7) is 6.70. The van der Waals surface area contributed by atoms with Crippen LogP contribution in [0.15, 0.2) is 11.3 Å². The van der Waals surface area contributed by atoms with E-state index in [0.717, 1.165) is 32.6 Å². The molecule has 3 N–H and O–H groups in total. The maximum atomic E-state index is 11.9. The van der Waals surface area contributed by atoms with Crippen LogP contribution in [-0.4, -0.2) is 62.8 Å². The van der Waals surface area contributed by atoms with Crippen LogP contribution in [0, 0.1) is 0 Å². The molecule has 112 valence electrons. The van der Waals surface area contributed by atoms with Gasteiger partial charge in [-0.1, -0.05) is 0 Å². The first kappa shape index (κ1) is 14.8. The average Bonchev–Trinajstić information content (AvgIpc) is 2.68. The first-order chi connectivity index (χ1) is 9.70. The molecule has 0 radical (unpaired) electrons. The minimum Gasteiger partial charge on any atom is -0.463 e. The summed E-state index contributed by atoms with van der Waals surface area (Å²) in [4.78, 5) is 25.6. The monoisotopic (exact) mass is 282 g/mol. The van der Waals surface area contributed by atoms with Crippen LogP contribution in [0.1, 0.15) is 13.3 Å². The maximum absolute atomic E-state index is 11.9. The lowest BCUT2D eigenvalue weighted by molar-refractivity contribution is -0.138. The second-order valence-electron chi connectivity index (χ2n) is 4.86. The molecule has 7 nitrogen and oxygen atoms in total. The Labute approximate surface area is 118 Å². The van der Waals surface area contributed by atoms with Crippen molar-refractivity contribution in [3.05, 3.63) is 11.3 Å². The van der Waals surface area contributed by atoms with Gasteiger partial charge in [-0.2, -0.15) is 0 Å². The van der Waals surface area contributed by atoms with Gasteiger partial charge in [-0.05, 0) is 26.4 Å². The van der Waals surface area contributed by atoms with E-state index in [1.807, 2.05) is 0 Å². The lowest BCUT2D eigenvalue weighted by atomic mass is 10.1. The van der Waals surface area contributed by atoms with Gasteiger partial charge >= 0.3 is 12.0 Å². The molecule has 0 bridgehead atoms. The number of rotatable bonds is 4. The number of ether oxygens (including phenoxy) is 1. The number of urea groups is 1. The Morgan fingerprint density at radius 2 is 2.20 bits per heavy atom. The number of esters is 1. The fraction of sp³-hybridized carbons (Fsp3) is 0.692. The van der Waals surface area contributed by atoms with Crippen molar-refractivity contribution < 1.29 is 14.3 Å². The highest BCUT2D eigenvalue weighted by Crippen LogP contribution is 2.10. The summed E-state index contributed by atoms with van der Waals surface area (Å²) in [6.07, 6.45) is 1.06. The third-order valence-electron chi connectivity index (χ3n) is 3.39. The Morgan fingerprint density at radius 3 is 3.00 bits per heavy atom. The van der Waals surface area contributed by atoms with Crippen molar-refractivity contribution in [3.8, 4) is 0 Å². The van der Waals surface area contributed by atoms with Gasteiger partial charge in [0.2, 0.25) is 0 Å². The van der Waals surface area contributed by atoms with Crippen LogP contribution in [0.4, 0.5) is 4.79 Å². The smallest absolute Gasteiger partial charge is 0.337 e. The summed E-state index contributed by atoms with van der Waals surface area (Å²) >= 11 is 0. The van der Waals surface area contributed by atoms with E-state index in [4.69, 9.17) is 4.74 Å². The predicted molar refractivity (Wildman–Crippen MR) is 74.1 cm³/mol. The Hall–Kier alpha value is -1.60. The predicted octanol–water partition coefficient (Wildman–Crippen LogP) is -0.588. The molecular formula is C13H22N4O3. The lowest BCUT2D eigenvalue weighted by Gasteiger charge is -2.26. The Balaban J connectivity index is 2.08. The topological polar surface area (TPSA) is 82.7 Å². The highest BCUT2D eigenvalue weighted by atomic mass is 16.5. The van der Waals surface area contributed by atoms with Gasteiger partial charge in [-0.15, -0.1) is 0 Å².